The van der Waals surface area contributed by atoms with Gasteiger partial charge in [0.1, 0.15) is 6.10 Å². The van der Waals surface area contributed by atoms with Gasteiger partial charge < -0.3 is 9.16 Å². The first-order chi connectivity index (χ1) is 8.68. The van der Waals surface area contributed by atoms with Gasteiger partial charge in [0, 0.05) is 0 Å². The van der Waals surface area contributed by atoms with E-state index in [0.717, 1.165) is 5.56 Å². The summed E-state index contributed by atoms with van der Waals surface area (Å²) in [5.74, 6) is 0. The lowest BCUT2D eigenvalue weighted by Crippen LogP contribution is -2.42. The fourth-order valence-corrected chi connectivity index (χ4v) is 3.13. The van der Waals surface area contributed by atoms with Crippen LogP contribution in [-0.2, 0) is 15.8 Å². The van der Waals surface area contributed by atoms with Gasteiger partial charge >= 0.3 is 0 Å². The van der Waals surface area contributed by atoms with Crippen LogP contribution in [-0.4, -0.2) is 24.8 Å². The Morgan fingerprint density at radius 1 is 1.11 bits per heavy atom. The number of benzene rings is 1. The molecule has 0 radical (unpaired) electrons. The van der Waals surface area contributed by atoms with E-state index in [0.29, 0.717) is 6.61 Å². The van der Waals surface area contributed by atoms with E-state index in [2.05, 4.69) is 0 Å². The summed E-state index contributed by atoms with van der Waals surface area (Å²) in [5.41, 5.74) is 1.08. The molecule has 1 unspecified atom stereocenters. The minimum Gasteiger partial charge on any atom is -0.408 e. The number of hydrogen-bond acceptors (Lipinski definition) is 2. The highest BCUT2D eigenvalue weighted by Gasteiger charge is 2.37. The molecule has 1 rings (SSSR count). The number of ether oxygens (including phenoxy) is 1. The average molecular weight is 342 g/mol. The van der Waals surface area contributed by atoms with Gasteiger partial charge in [0.2, 0.25) is 3.79 Å². The Balaban J connectivity index is 2.50. The molecule has 0 bridgehead atoms. The maximum Gasteiger partial charge on any atom is 0.217 e. The average Bonchev–Trinajstić information content (AvgIpc) is 2.26. The summed E-state index contributed by atoms with van der Waals surface area (Å²) in [5, 5.41) is 0. The largest absolute Gasteiger partial charge is 0.408 e. The van der Waals surface area contributed by atoms with Gasteiger partial charge in [-0.05, 0) is 25.2 Å². The van der Waals surface area contributed by atoms with Gasteiger partial charge in [0.15, 0.2) is 8.32 Å². The van der Waals surface area contributed by atoms with Gasteiger partial charge in [-0.25, -0.2) is 0 Å². The first-order valence-electron chi connectivity index (χ1n) is 6.05. The molecule has 108 valence electrons. The number of hydrogen-bond donors (Lipinski definition) is 0. The van der Waals surface area contributed by atoms with Crippen molar-refractivity contribution in [3.8, 4) is 0 Å². The topological polar surface area (TPSA) is 18.5 Å². The number of halogens is 3. The lowest BCUT2D eigenvalue weighted by molar-refractivity contribution is 0.0393. The maximum atomic E-state index is 5.94. The van der Waals surface area contributed by atoms with E-state index in [1.54, 1.807) is 0 Å². The molecule has 0 aromatic heterocycles. The molecular weight excluding hydrogens is 323 g/mol. The summed E-state index contributed by atoms with van der Waals surface area (Å²) in [6.45, 7) is 6.89. The zero-order valence-corrected chi connectivity index (χ0v) is 14.6. The van der Waals surface area contributed by atoms with Gasteiger partial charge in [-0.1, -0.05) is 65.1 Å². The monoisotopic (exact) mass is 340 g/mol. The van der Waals surface area contributed by atoms with E-state index in [1.807, 2.05) is 50.0 Å². The summed E-state index contributed by atoms with van der Waals surface area (Å²) in [6.07, 6.45) is -0.548. The van der Waals surface area contributed by atoms with Crippen molar-refractivity contribution in [3.63, 3.8) is 0 Å². The van der Waals surface area contributed by atoms with Crippen molar-refractivity contribution in [2.75, 3.05) is 6.61 Å². The van der Waals surface area contributed by atoms with Crippen LogP contribution >= 0.6 is 34.8 Å². The Morgan fingerprint density at radius 2 is 1.68 bits per heavy atom. The zero-order chi connectivity index (χ0) is 14.5. The third-order valence-electron chi connectivity index (χ3n) is 2.24. The predicted molar refractivity (Wildman–Crippen MR) is 84.6 cm³/mol. The Kier molecular flexibility index (Phi) is 6.64. The van der Waals surface area contributed by atoms with Crippen LogP contribution in [0.2, 0.25) is 19.6 Å². The summed E-state index contributed by atoms with van der Waals surface area (Å²) in [7, 11) is -1.79. The second kappa shape index (κ2) is 7.30. The van der Waals surface area contributed by atoms with Crippen molar-refractivity contribution in [2.24, 2.45) is 0 Å². The minimum absolute atomic E-state index is 0.260. The molecule has 0 N–H and O–H groups in total. The van der Waals surface area contributed by atoms with Crippen molar-refractivity contribution < 1.29 is 9.16 Å². The number of rotatable bonds is 6. The van der Waals surface area contributed by atoms with Crippen LogP contribution in [0.1, 0.15) is 5.56 Å². The molecule has 0 saturated heterocycles. The molecule has 1 atom stereocenters. The summed E-state index contributed by atoms with van der Waals surface area (Å²) in [6, 6.07) is 9.86. The molecule has 2 nitrogen and oxygen atoms in total. The third kappa shape index (κ3) is 7.54. The molecule has 19 heavy (non-hydrogen) atoms. The van der Waals surface area contributed by atoms with Crippen LogP contribution < -0.4 is 0 Å². The maximum absolute atomic E-state index is 5.94. The highest BCUT2D eigenvalue weighted by molar-refractivity contribution is 6.71. The quantitative estimate of drug-likeness (QED) is 0.547. The normalized spacial score (nSPS) is 14.4. The first kappa shape index (κ1) is 17.3. The lowest BCUT2D eigenvalue weighted by Gasteiger charge is -2.30. The first-order valence-corrected chi connectivity index (χ1v) is 10.6. The Hall–Kier alpha value is 0.227. The van der Waals surface area contributed by atoms with Gasteiger partial charge in [-0.2, -0.15) is 0 Å². The summed E-state index contributed by atoms with van der Waals surface area (Å²) in [4.78, 5) is 0. The second-order valence-corrected chi connectivity index (χ2v) is 12.1. The Bertz CT molecular complexity index is 374. The molecule has 0 amide bonds. The lowest BCUT2D eigenvalue weighted by atomic mass is 10.2. The molecule has 1 aromatic rings. The molecule has 0 heterocycles. The zero-order valence-electron chi connectivity index (χ0n) is 11.3. The van der Waals surface area contributed by atoms with E-state index in [-0.39, 0.29) is 6.61 Å². The highest BCUT2D eigenvalue weighted by Crippen LogP contribution is 2.34. The van der Waals surface area contributed by atoms with Crippen molar-refractivity contribution in [1.29, 1.82) is 0 Å². The smallest absolute Gasteiger partial charge is 0.217 e. The highest BCUT2D eigenvalue weighted by atomic mass is 35.6. The predicted octanol–water partition coefficient (Wildman–Crippen LogP) is 4.79. The molecular formula is C13H19Cl3O2Si. The molecule has 0 aliphatic heterocycles. The minimum atomic E-state index is -1.79. The van der Waals surface area contributed by atoms with Crippen molar-refractivity contribution in [2.45, 2.75) is 36.1 Å². The Labute approximate surface area is 131 Å². The van der Waals surface area contributed by atoms with Crippen molar-refractivity contribution in [3.05, 3.63) is 35.9 Å². The molecule has 0 fully saturated rings. The fraction of sp³-hybridized carbons (Fsp3) is 0.538. The molecule has 6 heteroatoms. The van der Waals surface area contributed by atoms with Crippen LogP contribution in [0.5, 0.6) is 0 Å². The van der Waals surface area contributed by atoms with Gasteiger partial charge in [-0.15, -0.1) is 0 Å². The molecule has 0 saturated carbocycles. The molecule has 0 aliphatic rings. The number of alkyl halides is 3. The van der Waals surface area contributed by atoms with Crippen LogP contribution in [0.15, 0.2) is 30.3 Å². The molecule has 0 aliphatic carbocycles. The van der Waals surface area contributed by atoms with Crippen molar-refractivity contribution >= 4 is 43.1 Å². The summed E-state index contributed by atoms with van der Waals surface area (Å²) < 4.78 is 9.98. The molecule has 1 aromatic carbocycles. The van der Waals surface area contributed by atoms with Crippen LogP contribution in [0.3, 0.4) is 0 Å². The van der Waals surface area contributed by atoms with Crippen LogP contribution in [0, 0.1) is 0 Å². The molecule has 0 spiro atoms. The standard InChI is InChI=1S/C13H19Cl3O2Si/c1-19(2,3)18-12(13(14,15)16)10-17-9-11-7-5-4-6-8-11/h4-8,12H,9-10H2,1-3H3. The fourth-order valence-electron chi connectivity index (χ4n) is 1.48. The van der Waals surface area contributed by atoms with Crippen LogP contribution in [0.4, 0.5) is 0 Å². The van der Waals surface area contributed by atoms with E-state index >= 15 is 0 Å². The van der Waals surface area contributed by atoms with E-state index < -0.39 is 18.2 Å². The van der Waals surface area contributed by atoms with Gasteiger partial charge in [0.05, 0.1) is 13.2 Å². The summed E-state index contributed by atoms with van der Waals surface area (Å²) >= 11 is 17.8. The van der Waals surface area contributed by atoms with Crippen molar-refractivity contribution in [1.82, 2.24) is 0 Å². The van der Waals surface area contributed by atoms with Gasteiger partial charge in [-0.3, -0.25) is 0 Å². The van der Waals surface area contributed by atoms with E-state index in [1.165, 1.54) is 0 Å². The second-order valence-electron chi connectivity index (χ2n) is 5.26. The third-order valence-corrected chi connectivity index (χ3v) is 3.96. The van der Waals surface area contributed by atoms with E-state index in [9.17, 15) is 0 Å². The van der Waals surface area contributed by atoms with E-state index in [4.69, 9.17) is 44.0 Å². The van der Waals surface area contributed by atoms with Gasteiger partial charge in [0.25, 0.3) is 0 Å². The SMILES string of the molecule is C[Si](C)(C)OC(COCc1ccccc1)C(Cl)(Cl)Cl. The van der Waals surface area contributed by atoms with Crippen LogP contribution in [0.25, 0.3) is 0 Å². The Morgan fingerprint density at radius 3 is 2.16 bits per heavy atom.